The second kappa shape index (κ2) is 6.67. The van der Waals surface area contributed by atoms with Crippen LogP contribution in [0.2, 0.25) is 0 Å². The molecule has 7 heteroatoms. The molecule has 0 fully saturated rings. The Morgan fingerprint density at radius 3 is 2.47 bits per heavy atom. The Morgan fingerprint density at radius 1 is 1.32 bits per heavy atom. The van der Waals surface area contributed by atoms with E-state index in [-0.39, 0.29) is 17.6 Å². The summed E-state index contributed by atoms with van der Waals surface area (Å²) in [6.45, 7) is 5.69. The molecule has 0 aliphatic carbocycles. The number of carboxylic acid groups (broad SMARTS) is 1. The lowest BCUT2D eigenvalue weighted by Gasteiger charge is -2.17. The van der Waals surface area contributed by atoms with Crippen molar-refractivity contribution in [3.63, 3.8) is 0 Å². The first-order chi connectivity index (χ1) is 8.95. The molecule has 2 unspecified atom stereocenters. The van der Waals surface area contributed by atoms with Crippen LogP contribution in [0.25, 0.3) is 0 Å². The molecular formula is C12H18N4O3. The molecule has 0 spiro atoms. The van der Waals surface area contributed by atoms with Gasteiger partial charge in [0, 0.05) is 12.6 Å². The molecule has 1 heterocycles. The molecule has 0 saturated carbocycles. The first-order valence-electron chi connectivity index (χ1n) is 6.07. The summed E-state index contributed by atoms with van der Waals surface area (Å²) in [4.78, 5) is 22.3. The Morgan fingerprint density at radius 2 is 2.00 bits per heavy atom. The van der Waals surface area contributed by atoms with E-state index < -0.39 is 11.9 Å². The fourth-order valence-corrected chi connectivity index (χ4v) is 1.35. The Kier molecular flexibility index (Phi) is 5.23. The smallest absolute Gasteiger partial charge is 0.308 e. The first kappa shape index (κ1) is 14.9. The molecule has 0 radical (unpaired) electrons. The average molecular weight is 266 g/mol. The third-order valence-corrected chi connectivity index (χ3v) is 2.75. The minimum Gasteiger partial charge on any atom is -0.481 e. The summed E-state index contributed by atoms with van der Waals surface area (Å²) in [6.07, 6.45) is 0. The number of carbonyl (C=O) groups is 2. The molecule has 1 aromatic heterocycles. The van der Waals surface area contributed by atoms with Gasteiger partial charge in [0.2, 0.25) is 0 Å². The summed E-state index contributed by atoms with van der Waals surface area (Å²) in [7, 11) is 0. The van der Waals surface area contributed by atoms with Gasteiger partial charge in [-0.15, -0.1) is 10.2 Å². The Bertz CT molecular complexity index is 447. The number of aliphatic carboxylic acids is 1. The highest BCUT2D eigenvalue weighted by Gasteiger charge is 2.19. The van der Waals surface area contributed by atoms with Gasteiger partial charge in [-0.05, 0) is 32.9 Å². The SMILES string of the molecule is CCNC(=O)c1ccc(NC(C)C(C)C(=O)O)nn1. The first-order valence-corrected chi connectivity index (χ1v) is 6.07. The maximum absolute atomic E-state index is 11.5. The van der Waals surface area contributed by atoms with Crippen molar-refractivity contribution >= 4 is 17.7 Å². The van der Waals surface area contributed by atoms with E-state index in [2.05, 4.69) is 20.8 Å². The summed E-state index contributed by atoms with van der Waals surface area (Å²) < 4.78 is 0. The zero-order valence-electron chi connectivity index (χ0n) is 11.2. The van der Waals surface area contributed by atoms with Gasteiger partial charge in [0.15, 0.2) is 5.69 Å². The molecule has 0 bridgehead atoms. The van der Waals surface area contributed by atoms with Crippen LogP contribution in [-0.2, 0) is 4.79 Å². The molecular weight excluding hydrogens is 248 g/mol. The van der Waals surface area contributed by atoms with E-state index in [1.807, 2.05) is 6.92 Å². The molecule has 0 saturated heterocycles. The molecule has 7 nitrogen and oxygen atoms in total. The zero-order valence-corrected chi connectivity index (χ0v) is 11.2. The van der Waals surface area contributed by atoms with Crippen molar-refractivity contribution in [3.8, 4) is 0 Å². The van der Waals surface area contributed by atoms with Gasteiger partial charge in [0.25, 0.3) is 5.91 Å². The summed E-state index contributed by atoms with van der Waals surface area (Å²) >= 11 is 0. The topological polar surface area (TPSA) is 104 Å². The van der Waals surface area contributed by atoms with Crippen molar-refractivity contribution < 1.29 is 14.7 Å². The number of anilines is 1. The fourth-order valence-electron chi connectivity index (χ4n) is 1.35. The third kappa shape index (κ3) is 4.20. The lowest BCUT2D eigenvalue weighted by atomic mass is 10.0. The van der Waals surface area contributed by atoms with Gasteiger partial charge >= 0.3 is 5.97 Å². The lowest BCUT2D eigenvalue weighted by molar-refractivity contribution is -0.141. The Labute approximate surface area is 111 Å². The van der Waals surface area contributed by atoms with Gasteiger partial charge in [0.05, 0.1) is 5.92 Å². The van der Waals surface area contributed by atoms with Gasteiger partial charge in [-0.2, -0.15) is 0 Å². The maximum atomic E-state index is 11.5. The van der Waals surface area contributed by atoms with E-state index in [0.717, 1.165) is 0 Å². The fraction of sp³-hybridized carbons (Fsp3) is 0.500. The lowest BCUT2D eigenvalue weighted by Crippen LogP contribution is -2.30. The predicted molar refractivity (Wildman–Crippen MR) is 69.9 cm³/mol. The highest BCUT2D eigenvalue weighted by Crippen LogP contribution is 2.10. The van der Waals surface area contributed by atoms with Crippen molar-refractivity contribution in [1.82, 2.24) is 15.5 Å². The second-order valence-corrected chi connectivity index (χ2v) is 4.22. The van der Waals surface area contributed by atoms with Crippen LogP contribution in [0.4, 0.5) is 5.82 Å². The molecule has 1 rings (SSSR count). The minimum atomic E-state index is -0.882. The normalized spacial score (nSPS) is 13.4. The van der Waals surface area contributed by atoms with Crippen LogP contribution in [-0.4, -0.2) is 39.8 Å². The number of carbonyl (C=O) groups excluding carboxylic acids is 1. The van der Waals surface area contributed by atoms with Crippen LogP contribution >= 0.6 is 0 Å². The molecule has 0 aliphatic heterocycles. The van der Waals surface area contributed by atoms with Crippen LogP contribution in [0.1, 0.15) is 31.3 Å². The molecule has 0 aliphatic rings. The van der Waals surface area contributed by atoms with Crippen LogP contribution in [0.3, 0.4) is 0 Å². The molecule has 3 N–H and O–H groups in total. The van der Waals surface area contributed by atoms with Gasteiger partial charge < -0.3 is 15.7 Å². The number of amides is 1. The number of aromatic nitrogens is 2. The van der Waals surface area contributed by atoms with Crippen LogP contribution in [0, 0.1) is 5.92 Å². The summed E-state index contributed by atoms with van der Waals surface area (Å²) in [5, 5.41) is 22.1. The standard InChI is InChI=1S/C12H18N4O3/c1-4-13-11(17)9-5-6-10(16-15-9)14-8(3)7(2)12(18)19/h5-8H,4H2,1-3H3,(H,13,17)(H,14,16)(H,18,19). The number of rotatable bonds is 6. The molecule has 2 atom stereocenters. The number of nitrogens with one attached hydrogen (secondary N) is 2. The Hall–Kier alpha value is -2.18. The number of hydrogen-bond acceptors (Lipinski definition) is 5. The number of carboxylic acids is 1. The van der Waals surface area contributed by atoms with E-state index in [1.165, 1.54) is 0 Å². The van der Waals surface area contributed by atoms with E-state index in [4.69, 9.17) is 5.11 Å². The predicted octanol–water partition coefficient (Wildman–Crippen LogP) is 0.747. The van der Waals surface area contributed by atoms with Gasteiger partial charge in [-0.25, -0.2) is 0 Å². The highest BCUT2D eigenvalue weighted by atomic mass is 16.4. The van der Waals surface area contributed by atoms with Crippen LogP contribution < -0.4 is 10.6 Å². The third-order valence-electron chi connectivity index (χ3n) is 2.75. The zero-order chi connectivity index (χ0) is 14.4. The number of hydrogen-bond donors (Lipinski definition) is 3. The minimum absolute atomic E-state index is 0.228. The van der Waals surface area contributed by atoms with Crippen molar-refractivity contribution in [2.75, 3.05) is 11.9 Å². The highest BCUT2D eigenvalue weighted by molar-refractivity contribution is 5.92. The monoisotopic (exact) mass is 266 g/mol. The Balaban J connectivity index is 2.67. The van der Waals surface area contributed by atoms with Gasteiger partial charge in [-0.3, -0.25) is 9.59 Å². The maximum Gasteiger partial charge on any atom is 0.308 e. The van der Waals surface area contributed by atoms with Gasteiger partial charge in [-0.1, -0.05) is 0 Å². The van der Waals surface area contributed by atoms with Crippen molar-refractivity contribution in [1.29, 1.82) is 0 Å². The molecule has 0 aromatic carbocycles. The van der Waals surface area contributed by atoms with Crippen LogP contribution in [0.5, 0.6) is 0 Å². The van der Waals surface area contributed by atoms with E-state index in [9.17, 15) is 9.59 Å². The van der Waals surface area contributed by atoms with Crippen molar-refractivity contribution in [2.45, 2.75) is 26.8 Å². The number of nitrogens with zero attached hydrogens (tertiary/aromatic N) is 2. The van der Waals surface area contributed by atoms with Crippen molar-refractivity contribution in [3.05, 3.63) is 17.8 Å². The second-order valence-electron chi connectivity index (χ2n) is 4.22. The molecule has 104 valence electrons. The van der Waals surface area contributed by atoms with E-state index in [0.29, 0.717) is 12.4 Å². The van der Waals surface area contributed by atoms with Gasteiger partial charge in [0.1, 0.15) is 5.82 Å². The molecule has 19 heavy (non-hydrogen) atoms. The largest absolute Gasteiger partial charge is 0.481 e. The molecule has 1 amide bonds. The average Bonchev–Trinajstić information content (AvgIpc) is 2.38. The van der Waals surface area contributed by atoms with Crippen molar-refractivity contribution in [2.24, 2.45) is 5.92 Å². The van der Waals surface area contributed by atoms with E-state index in [1.54, 1.807) is 26.0 Å². The summed E-state index contributed by atoms with van der Waals surface area (Å²) in [5.41, 5.74) is 0.228. The molecule has 1 aromatic rings. The summed E-state index contributed by atoms with van der Waals surface area (Å²) in [5.74, 6) is -1.28. The van der Waals surface area contributed by atoms with Crippen LogP contribution in [0.15, 0.2) is 12.1 Å². The quantitative estimate of drug-likeness (QED) is 0.701. The van der Waals surface area contributed by atoms with E-state index >= 15 is 0 Å². The summed E-state index contributed by atoms with van der Waals surface area (Å²) in [6, 6.07) is 2.85.